The molecule has 2 aromatic rings. The van der Waals surface area contributed by atoms with Crippen LogP contribution in [0.25, 0.3) is 0 Å². The molecule has 0 saturated heterocycles. The van der Waals surface area contributed by atoms with Gasteiger partial charge in [-0.3, -0.25) is 4.79 Å². The van der Waals surface area contributed by atoms with Crippen LogP contribution < -0.4 is 0 Å². The molecule has 76 valence electrons. The highest BCUT2D eigenvalue weighted by molar-refractivity contribution is 8.00. The topological polar surface area (TPSA) is 55.7 Å². The summed E-state index contributed by atoms with van der Waals surface area (Å²) in [5.74, 6) is 0. The van der Waals surface area contributed by atoms with E-state index >= 15 is 0 Å². The summed E-state index contributed by atoms with van der Waals surface area (Å²) in [7, 11) is 0. The van der Waals surface area contributed by atoms with Crippen LogP contribution in [0.1, 0.15) is 15.9 Å². The number of carbonyl (C=O) groups excluding carboxylic acids is 1. The van der Waals surface area contributed by atoms with Crippen LogP contribution in [0, 0.1) is 6.92 Å². The Morgan fingerprint density at radius 3 is 2.93 bits per heavy atom. The van der Waals surface area contributed by atoms with E-state index in [0.29, 0.717) is 5.56 Å². The Labute approximate surface area is 94.9 Å². The Balaban J connectivity index is 2.26. The fraction of sp³-hybridized carbons (Fsp3) is 0.111. The first kappa shape index (κ1) is 10.3. The lowest BCUT2D eigenvalue weighted by atomic mass is 10.2. The van der Waals surface area contributed by atoms with E-state index in [4.69, 9.17) is 0 Å². The van der Waals surface area contributed by atoms with Gasteiger partial charge < -0.3 is 0 Å². The smallest absolute Gasteiger partial charge is 0.176 e. The van der Waals surface area contributed by atoms with E-state index in [1.165, 1.54) is 29.6 Å². The van der Waals surface area contributed by atoms with Gasteiger partial charge in [0.05, 0.1) is 0 Å². The molecule has 0 unspecified atom stereocenters. The summed E-state index contributed by atoms with van der Waals surface area (Å²) in [6.45, 7) is 1.92. The van der Waals surface area contributed by atoms with E-state index in [1.807, 2.05) is 13.0 Å². The van der Waals surface area contributed by atoms with Gasteiger partial charge in [0, 0.05) is 11.8 Å². The van der Waals surface area contributed by atoms with Crippen molar-refractivity contribution in [1.29, 1.82) is 0 Å². The molecule has 0 bridgehead atoms. The number of aromatic nitrogens is 3. The largest absolute Gasteiger partial charge is 0.298 e. The second kappa shape index (κ2) is 4.50. The first-order valence-corrected chi connectivity index (χ1v) is 5.75. The third-order valence-electron chi connectivity index (χ3n) is 1.71. The highest BCUT2D eigenvalue weighted by atomic mass is 32.2. The third-order valence-corrected chi connectivity index (χ3v) is 3.55. The molecular formula is C9H7N3OS2. The van der Waals surface area contributed by atoms with Gasteiger partial charge in [0.2, 0.25) is 0 Å². The maximum absolute atomic E-state index is 10.5. The van der Waals surface area contributed by atoms with E-state index in [0.717, 1.165) is 21.2 Å². The molecule has 2 rings (SSSR count). The van der Waals surface area contributed by atoms with E-state index < -0.39 is 0 Å². The van der Waals surface area contributed by atoms with Crippen molar-refractivity contribution in [3.05, 3.63) is 29.7 Å². The first-order valence-electron chi connectivity index (χ1n) is 4.16. The Morgan fingerprint density at radius 1 is 1.47 bits per heavy atom. The van der Waals surface area contributed by atoms with Crippen molar-refractivity contribution in [3.63, 3.8) is 0 Å². The number of aldehydes is 1. The molecular weight excluding hydrogens is 230 g/mol. The highest BCUT2D eigenvalue weighted by Crippen LogP contribution is 2.28. The number of hydrogen-bond donors (Lipinski definition) is 0. The summed E-state index contributed by atoms with van der Waals surface area (Å²) in [5.41, 5.74) is 1.56. The van der Waals surface area contributed by atoms with Crippen LogP contribution in [0.4, 0.5) is 0 Å². The molecule has 2 heterocycles. The molecule has 0 aromatic carbocycles. The van der Waals surface area contributed by atoms with Gasteiger partial charge in [-0.25, -0.2) is 9.97 Å². The van der Waals surface area contributed by atoms with E-state index in [1.54, 1.807) is 6.20 Å². The minimum atomic E-state index is 0.592. The predicted molar refractivity (Wildman–Crippen MR) is 58.4 cm³/mol. The second-order valence-electron chi connectivity index (χ2n) is 2.82. The van der Waals surface area contributed by atoms with E-state index in [9.17, 15) is 4.79 Å². The summed E-state index contributed by atoms with van der Waals surface area (Å²) in [5, 5.41) is 0.859. The maximum Gasteiger partial charge on any atom is 0.176 e. The highest BCUT2D eigenvalue weighted by Gasteiger charge is 2.06. The van der Waals surface area contributed by atoms with Crippen LogP contribution in [-0.2, 0) is 0 Å². The lowest BCUT2D eigenvalue weighted by molar-refractivity contribution is 0.112. The van der Waals surface area contributed by atoms with Crippen LogP contribution >= 0.6 is 23.3 Å². The lowest BCUT2D eigenvalue weighted by Crippen LogP contribution is -1.89. The van der Waals surface area contributed by atoms with Crippen molar-refractivity contribution in [2.45, 2.75) is 16.3 Å². The zero-order valence-electron chi connectivity index (χ0n) is 7.88. The molecule has 0 aliphatic rings. The van der Waals surface area contributed by atoms with Crippen molar-refractivity contribution >= 4 is 29.6 Å². The van der Waals surface area contributed by atoms with Gasteiger partial charge in [0.25, 0.3) is 0 Å². The molecule has 2 aromatic heterocycles. The lowest BCUT2D eigenvalue weighted by Gasteiger charge is -2.01. The molecule has 0 amide bonds. The zero-order valence-corrected chi connectivity index (χ0v) is 9.51. The Morgan fingerprint density at radius 2 is 2.33 bits per heavy atom. The van der Waals surface area contributed by atoms with Crippen LogP contribution in [-0.4, -0.2) is 20.6 Å². The van der Waals surface area contributed by atoms with Crippen molar-refractivity contribution in [1.82, 2.24) is 14.3 Å². The molecule has 0 aliphatic heterocycles. The van der Waals surface area contributed by atoms with Crippen molar-refractivity contribution in [2.24, 2.45) is 0 Å². The maximum atomic E-state index is 10.5. The Kier molecular flexibility index (Phi) is 3.08. The van der Waals surface area contributed by atoms with Gasteiger partial charge in [0.15, 0.2) is 10.6 Å². The first-order chi connectivity index (χ1) is 7.29. The summed E-state index contributed by atoms with van der Waals surface area (Å²) in [6, 6.07) is 1.81. The number of aryl methyl sites for hydroxylation is 1. The summed E-state index contributed by atoms with van der Waals surface area (Å²) in [6.07, 6.45) is 3.87. The number of rotatable bonds is 3. The van der Waals surface area contributed by atoms with E-state index in [2.05, 4.69) is 14.3 Å². The number of nitrogens with zero attached hydrogens (tertiary/aromatic N) is 3. The van der Waals surface area contributed by atoms with Gasteiger partial charge in [-0.15, -0.1) is 0 Å². The molecule has 0 radical (unpaired) electrons. The van der Waals surface area contributed by atoms with Crippen molar-refractivity contribution in [3.8, 4) is 0 Å². The standard InChI is InChI=1S/C9H7N3OS2/c1-6-2-7(4-13)3-10-8(6)14-9-11-5-12-15-9/h2-5H,1H3. The summed E-state index contributed by atoms with van der Waals surface area (Å²) in [4.78, 5) is 18.8. The minimum absolute atomic E-state index is 0.592. The molecule has 6 heteroatoms. The predicted octanol–water partition coefficient (Wildman–Crippen LogP) is 2.21. The summed E-state index contributed by atoms with van der Waals surface area (Å²) >= 11 is 2.79. The SMILES string of the molecule is Cc1cc(C=O)cnc1Sc1ncns1. The van der Waals surface area contributed by atoms with Crippen molar-refractivity contribution < 1.29 is 4.79 Å². The van der Waals surface area contributed by atoms with Gasteiger partial charge >= 0.3 is 0 Å². The van der Waals surface area contributed by atoms with Crippen LogP contribution in [0.3, 0.4) is 0 Å². The fourth-order valence-corrected chi connectivity index (χ4v) is 2.43. The van der Waals surface area contributed by atoms with Crippen molar-refractivity contribution in [2.75, 3.05) is 0 Å². The normalized spacial score (nSPS) is 10.2. The number of pyridine rings is 1. The summed E-state index contributed by atoms with van der Waals surface area (Å²) < 4.78 is 4.76. The van der Waals surface area contributed by atoms with Crippen LogP contribution in [0.2, 0.25) is 0 Å². The monoisotopic (exact) mass is 237 g/mol. The molecule has 0 fully saturated rings. The quantitative estimate of drug-likeness (QED) is 0.766. The van der Waals surface area contributed by atoms with Gasteiger partial charge in [-0.1, -0.05) is 0 Å². The minimum Gasteiger partial charge on any atom is -0.298 e. The average Bonchev–Trinajstić information content (AvgIpc) is 2.74. The van der Waals surface area contributed by atoms with Gasteiger partial charge in [-0.05, 0) is 41.8 Å². The van der Waals surface area contributed by atoms with Crippen LogP contribution in [0.15, 0.2) is 28.0 Å². The molecule has 0 spiro atoms. The molecule has 0 atom stereocenters. The third kappa shape index (κ3) is 2.40. The molecule has 0 aliphatic carbocycles. The molecule has 0 N–H and O–H groups in total. The average molecular weight is 237 g/mol. The molecule has 0 saturated carbocycles. The second-order valence-corrected chi connectivity index (χ2v) is 4.83. The molecule has 15 heavy (non-hydrogen) atoms. The van der Waals surface area contributed by atoms with Crippen LogP contribution in [0.5, 0.6) is 0 Å². The zero-order chi connectivity index (χ0) is 10.7. The van der Waals surface area contributed by atoms with E-state index in [-0.39, 0.29) is 0 Å². The van der Waals surface area contributed by atoms with Gasteiger partial charge in [0.1, 0.15) is 11.4 Å². The van der Waals surface area contributed by atoms with Gasteiger partial charge in [-0.2, -0.15) is 4.37 Å². The molecule has 4 nitrogen and oxygen atoms in total. The number of carbonyl (C=O) groups is 1. The fourth-order valence-electron chi connectivity index (χ4n) is 1.05. The number of hydrogen-bond acceptors (Lipinski definition) is 6. The Hall–Kier alpha value is -1.27. The Bertz CT molecular complexity index is 470.